The second-order valence-electron chi connectivity index (χ2n) is 5.84. The quantitative estimate of drug-likeness (QED) is 0.867. The van der Waals surface area contributed by atoms with Crippen LogP contribution in [0, 0.1) is 11.7 Å². The molecule has 1 aromatic carbocycles. The van der Waals surface area contributed by atoms with Crippen LogP contribution >= 0.6 is 0 Å². The van der Waals surface area contributed by atoms with E-state index in [2.05, 4.69) is 11.8 Å². The van der Waals surface area contributed by atoms with E-state index < -0.39 is 17.6 Å². The highest BCUT2D eigenvalue weighted by Gasteiger charge is 2.32. The number of likely N-dealkylation sites (tertiary alicyclic amines) is 1. The molecule has 0 spiro atoms. The number of nitrogens with two attached hydrogens (primary N) is 1. The molecule has 0 saturated carbocycles. The van der Waals surface area contributed by atoms with E-state index in [1.54, 1.807) is 0 Å². The van der Waals surface area contributed by atoms with Gasteiger partial charge in [-0.05, 0) is 49.1 Å². The Balaban J connectivity index is 2.17. The Morgan fingerprint density at radius 2 is 2.00 bits per heavy atom. The lowest BCUT2D eigenvalue weighted by Crippen LogP contribution is -2.45. The average molecular weight is 304 g/mol. The molecule has 2 nitrogen and oxygen atoms in total. The molecule has 118 valence electrons. The van der Waals surface area contributed by atoms with Crippen LogP contribution in [0.15, 0.2) is 18.2 Å². The van der Waals surface area contributed by atoms with E-state index in [9.17, 15) is 17.6 Å². The molecular weight excluding hydrogens is 284 g/mol. The third kappa shape index (κ3) is 4.17. The lowest BCUT2D eigenvalue weighted by molar-refractivity contribution is -0.137. The number of alkyl halides is 3. The molecule has 21 heavy (non-hydrogen) atoms. The fourth-order valence-electron chi connectivity index (χ4n) is 2.89. The van der Waals surface area contributed by atoms with Gasteiger partial charge in [0.1, 0.15) is 5.82 Å². The Morgan fingerprint density at radius 1 is 1.29 bits per heavy atom. The Hall–Kier alpha value is -1.14. The lowest BCUT2D eigenvalue weighted by Gasteiger charge is -2.38. The van der Waals surface area contributed by atoms with Crippen LogP contribution < -0.4 is 5.73 Å². The molecule has 1 heterocycles. The standard InChI is InChI=1S/C15H20F4N2/c1-10-2-3-21(14(4-10)8-20)9-11-5-12(15(17,18)19)7-13(16)6-11/h5-7,10,14H,2-4,8-9,20H2,1H3. The number of rotatable bonds is 3. The molecule has 1 saturated heterocycles. The summed E-state index contributed by atoms with van der Waals surface area (Å²) in [5.74, 6) is -0.289. The summed E-state index contributed by atoms with van der Waals surface area (Å²) in [7, 11) is 0. The smallest absolute Gasteiger partial charge is 0.329 e. The number of benzene rings is 1. The van der Waals surface area contributed by atoms with Gasteiger partial charge in [-0.1, -0.05) is 6.92 Å². The lowest BCUT2D eigenvalue weighted by atomic mass is 9.92. The van der Waals surface area contributed by atoms with Gasteiger partial charge in [0.25, 0.3) is 0 Å². The van der Waals surface area contributed by atoms with Crippen molar-refractivity contribution < 1.29 is 17.6 Å². The Kier molecular flexibility index (Phi) is 4.88. The van der Waals surface area contributed by atoms with Crippen LogP contribution in [0.2, 0.25) is 0 Å². The second kappa shape index (κ2) is 6.32. The van der Waals surface area contributed by atoms with E-state index in [4.69, 9.17) is 5.73 Å². The number of hydrogen-bond acceptors (Lipinski definition) is 2. The molecule has 1 fully saturated rings. The summed E-state index contributed by atoms with van der Waals surface area (Å²) >= 11 is 0. The minimum atomic E-state index is -4.53. The predicted octanol–water partition coefficient (Wildman–Crippen LogP) is 3.40. The largest absolute Gasteiger partial charge is 0.416 e. The van der Waals surface area contributed by atoms with Gasteiger partial charge in [-0.15, -0.1) is 0 Å². The summed E-state index contributed by atoms with van der Waals surface area (Å²) in [5.41, 5.74) is 5.15. The van der Waals surface area contributed by atoms with E-state index in [-0.39, 0.29) is 6.04 Å². The monoisotopic (exact) mass is 304 g/mol. The summed E-state index contributed by atoms with van der Waals surface area (Å²) < 4.78 is 51.6. The highest BCUT2D eigenvalue weighted by atomic mass is 19.4. The van der Waals surface area contributed by atoms with Gasteiger partial charge in [-0.3, -0.25) is 4.90 Å². The molecule has 2 atom stereocenters. The van der Waals surface area contributed by atoms with Crippen molar-refractivity contribution in [3.8, 4) is 0 Å². The van der Waals surface area contributed by atoms with Crippen LogP contribution in [0.1, 0.15) is 30.9 Å². The number of nitrogens with zero attached hydrogens (tertiary/aromatic N) is 1. The van der Waals surface area contributed by atoms with Crippen molar-refractivity contribution >= 4 is 0 Å². The normalized spacial score (nSPS) is 24.3. The van der Waals surface area contributed by atoms with E-state index >= 15 is 0 Å². The van der Waals surface area contributed by atoms with Gasteiger partial charge in [-0.2, -0.15) is 13.2 Å². The first-order valence-corrected chi connectivity index (χ1v) is 7.10. The third-order valence-corrected chi connectivity index (χ3v) is 4.04. The maximum atomic E-state index is 13.4. The average Bonchev–Trinajstić information content (AvgIpc) is 2.39. The van der Waals surface area contributed by atoms with Gasteiger partial charge >= 0.3 is 6.18 Å². The molecule has 0 radical (unpaired) electrons. The molecular formula is C15H20F4N2. The van der Waals surface area contributed by atoms with Crippen molar-refractivity contribution in [1.29, 1.82) is 0 Å². The fraction of sp³-hybridized carbons (Fsp3) is 0.600. The zero-order chi connectivity index (χ0) is 15.6. The minimum Gasteiger partial charge on any atom is -0.329 e. The topological polar surface area (TPSA) is 29.3 Å². The number of halogens is 4. The van der Waals surface area contributed by atoms with E-state index in [1.165, 1.54) is 6.07 Å². The van der Waals surface area contributed by atoms with Crippen LogP contribution in [0.4, 0.5) is 17.6 Å². The fourth-order valence-corrected chi connectivity index (χ4v) is 2.89. The Morgan fingerprint density at radius 3 is 2.62 bits per heavy atom. The molecule has 0 aromatic heterocycles. The van der Waals surface area contributed by atoms with E-state index in [0.29, 0.717) is 30.6 Å². The molecule has 2 unspecified atom stereocenters. The minimum absolute atomic E-state index is 0.145. The molecule has 0 aliphatic carbocycles. The zero-order valence-electron chi connectivity index (χ0n) is 12.0. The first kappa shape index (κ1) is 16.2. The van der Waals surface area contributed by atoms with Crippen LogP contribution in [-0.2, 0) is 12.7 Å². The van der Waals surface area contributed by atoms with Crippen LogP contribution in [-0.4, -0.2) is 24.0 Å². The summed E-state index contributed by atoms with van der Waals surface area (Å²) in [5, 5.41) is 0. The van der Waals surface area contributed by atoms with Crippen molar-refractivity contribution in [1.82, 2.24) is 4.90 Å². The molecule has 2 N–H and O–H groups in total. The van der Waals surface area contributed by atoms with Crippen LogP contribution in [0.25, 0.3) is 0 Å². The highest BCUT2D eigenvalue weighted by Crippen LogP contribution is 2.31. The van der Waals surface area contributed by atoms with Gasteiger partial charge in [0, 0.05) is 19.1 Å². The molecule has 1 aliphatic heterocycles. The van der Waals surface area contributed by atoms with Gasteiger partial charge in [-0.25, -0.2) is 4.39 Å². The molecule has 2 rings (SSSR count). The number of hydrogen-bond donors (Lipinski definition) is 1. The Bertz CT molecular complexity index is 487. The maximum absolute atomic E-state index is 13.4. The molecule has 1 aliphatic rings. The van der Waals surface area contributed by atoms with Gasteiger partial charge in [0.05, 0.1) is 5.56 Å². The van der Waals surface area contributed by atoms with Crippen LogP contribution in [0.3, 0.4) is 0 Å². The van der Waals surface area contributed by atoms with Gasteiger partial charge in [0.15, 0.2) is 0 Å². The second-order valence-corrected chi connectivity index (χ2v) is 5.84. The van der Waals surface area contributed by atoms with Crippen LogP contribution in [0.5, 0.6) is 0 Å². The van der Waals surface area contributed by atoms with Gasteiger partial charge < -0.3 is 5.73 Å². The van der Waals surface area contributed by atoms with Crippen molar-refractivity contribution in [2.75, 3.05) is 13.1 Å². The predicted molar refractivity (Wildman–Crippen MR) is 73.1 cm³/mol. The van der Waals surface area contributed by atoms with Crippen molar-refractivity contribution in [3.63, 3.8) is 0 Å². The molecule has 1 aromatic rings. The maximum Gasteiger partial charge on any atom is 0.416 e. The first-order valence-electron chi connectivity index (χ1n) is 7.10. The molecule has 0 bridgehead atoms. The summed E-state index contributed by atoms with van der Waals surface area (Å²) in [6.07, 6.45) is -2.61. The summed E-state index contributed by atoms with van der Waals surface area (Å²) in [6, 6.07) is 2.86. The zero-order valence-corrected chi connectivity index (χ0v) is 12.0. The van der Waals surface area contributed by atoms with Gasteiger partial charge in [0.2, 0.25) is 0 Å². The molecule has 0 amide bonds. The molecule has 6 heteroatoms. The van der Waals surface area contributed by atoms with Crippen molar-refractivity contribution in [3.05, 3.63) is 35.1 Å². The van der Waals surface area contributed by atoms with Crippen molar-refractivity contribution in [2.45, 2.75) is 38.5 Å². The SMILES string of the molecule is CC1CCN(Cc2cc(F)cc(C(F)(F)F)c2)C(CN)C1. The van der Waals surface area contributed by atoms with E-state index in [0.717, 1.165) is 25.5 Å². The van der Waals surface area contributed by atoms with Crippen molar-refractivity contribution in [2.24, 2.45) is 11.7 Å². The number of piperidine rings is 1. The Labute approximate surface area is 121 Å². The summed E-state index contributed by atoms with van der Waals surface area (Å²) in [6.45, 7) is 3.69. The third-order valence-electron chi connectivity index (χ3n) is 4.04. The highest BCUT2D eigenvalue weighted by molar-refractivity contribution is 5.27. The van der Waals surface area contributed by atoms with E-state index in [1.807, 2.05) is 0 Å². The first-order chi connectivity index (χ1) is 9.79. The summed E-state index contributed by atoms with van der Waals surface area (Å²) in [4.78, 5) is 2.05.